The number of rotatable bonds is 13. The zero-order valence-corrected chi connectivity index (χ0v) is 20.3. The molecule has 4 atom stereocenters. The highest BCUT2D eigenvalue weighted by Crippen LogP contribution is 2.32. The van der Waals surface area contributed by atoms with Crippen LogP contribution in [0.3, 0.4) is 0 Å². The molecular weight excluding hydrogens is 508 g/mol. The molecule has 0 aliphatic carbocycles. The number of carbonyl (C=O) groups is 4. The van der Waals surface area contributed by atoms with Gasteiger partial charge < -0.3 is 50.8 Å². The van der Waals surface area contributed by atoms with Crippen LogP contribution in [0, 0.1) is 0 Å². The van der Waals surface area contributed by atoms with Gasteiger partial charge in [-0.3, -0.25) is 0 Å². The third kappa shape index (κ3) is 5.95. The second-order valence-electron chi connectivity index (χ2n) is 9.82. The van der Waals surface area contributed by atoms with Crippen molar-refractivity contribution in [1.82, 2.24) is 0 Å². The molecule has 4 aliphatic heterocycles. The summed E-state index contributed by atoms with van der Waals surface area (Å²) in [4.78, 5) is 42.4. The van der Waals surface area contributed by atoms with Crippen LogP contribution in [0.5, 0.6) is 0 Å². The van der Waals surface area contributed by atoms with Crippen molar-refractivity contribution in [3.63, 3.8) is 0 Å². The Labute approximate surface area is 216 Å². The van der Waals surface area contributed by atoms with Crippen molar-refractivity contribution in [1.29, 1.82) is 0 Å². The third-order valence-corrected chi connectivity index (χ3v) is 6.96. The summed E-state index contributed by atoms with van der Waals surface area (Å²) in [6.07, 6.45) is 5.88. The number of carboxylic acids is 4. The van der Waals surface area contributed by atoms with E-state index in [-0.39, 0.29) is 0 Å². The van der Waals surface area contributed by atoms with E-state index in [1.807, 2.05) is 0 Å². The van der Waals surface area contributed by atoms with Crippen molar-refractivity contribution in [3.8, 4) is 0 Å². The minimum absolute atomic E-state index is 0.421. The van der Waals surface area contributed by atoms with Crippen LogP contribution >= 0.6 is 0 Å². The molecule has 14 nitrogen and oxygen atoms in total. The van der Waals surface area contributed by atoms with Gasteiger partial charge in [-0.2, -0.15) is 0 Å². The fraction of sp³-hybridized carbons (Fsp3) is 0.583. The number of hydrogen-bond acceptors (Lipinski definition) is 10. The van der Waals surface area contributed by atoms with Crippen molar-refractivity contribution in [3.05, 3.63) is 34.4 Å². The molecule has 5 rings (SSSR count). The molecule has 8 N–H and O–H groups in total. The fourth-order valence-electron chi connectivity index (χ4n) is 4.23. The summed E-state index contributed by atoms with van der Waals surface area (Å²) in [7, 11) is 0. The van der Waals surface area contributed by atoms with E-state index in [9.17, 15) is 19.2 Å². The minimum atomic E-state index is -3.69. The molecule has 0 spiro atoms. The molecule has 14 heteroatoms. The van der Waals surface area contributed by atoms with Crippen molar-refractivity contribution in [2.75, 3.05) is 26.4 Å². The van der Waals surface area contributed by atoms with E-state index in [0.29, 0.717) is 24.4 Å². The van der Waals surface area contributed by atoms with Crippen LogP contribution in [0.4, 0.5) is 0 Å². The van der Waals surface area contributed by atoms with Crippen LogP contribution in [-0.4, -0.2) is 106 Å². The maximum atomic E-state index is 10.6. The van der Waals surface area contributed by atoms with Crippen molar-refractivity contribution in [2.24, 2.45) is 11.5 Å². The lowest BCUT2D eigenvalue weighted by Gasteiger charge is -2.31. The van der Waals surface area contributed by atoms with Crippen molar-refractivity contribution >= 4 is 23.9 Å². The summed E-state index contributed by atoms with van der Waals surface area (Å²) in [6.45, 7) is 3.65. The average molecular weight is 539 g/mol. The van der Waals surface area contributed by atoms with E-state index >= 15 is 0 Å². The Morgan fingerprint density at radius 1 is 0.605 bits per heavy atom. The van der Waals surface area contributed by atoms with Crippen LogP contribution in [0.25, 0.3) is 0 Å². The fourth-order valence-corrected chi connectivity index (χ4v) is 4.23. The Bertz CT molecular complexity index is 1010. The molecule has 38 heavy (non-hydrogen) atoms. The Balaban J connectivity index is 0.000000189. The summed E-state index contributed by atoms with van der Waals surface area (Å²) in [6, 6.07) is 4.63. The molecule has 0 bridgehead atoms. The Kier molecular flexibility index (Phi) is 7.74. The molecule has 1 aromatic carbocycles. The van der Waals surface area contributed by atoms with Crippen LogP contribution in [0.15, 0.2) is 12.1 Å². The number of benzene rings is 1. The lowest BCUT2D eigenvalue weighted by Crippen LogP contribution is -2.80. The second-order valence-corrected chi connectivity index (χ2v) is 9.82. The SMILES string of the molecule is NC(C(=O)O)(C(=O)O)C(N)(C(=O)O)C(=O)O.c1cc(CC2CO2)c(CC2CO2)c(CC2CO2)c1CC1CO1. The van der Waals surface area contributed by atoms with E-state index < -0.39 is 35.0 Å². The van der Waals surface area contributed by atoms with E-state index in [1.165, 1.54) is 22.3 Å². The lowest BCUT2D eigenvalue weighted by atomic mass is 9.77. The van der Waals surface area contributed by atoms with E-state index in [4.69, 9.17) is 50.8 Å². The molecule has 0 aromatic heterocycles. The first-order valence-corrected chi connectivity index (χ1v) is 12.0. The summed E-state index contributed by atoms with van der Waals surface area (Å²) >= 11 is 0. The van der Waals surface area contributed by atoms with Crippen LogP contribution in [-0.2, 0) is 63.8 Å². The van der Waals surface area contributed by atoms with Crippen molar-refractivity contribution in [2.45, 2.75) is 61.2 Å². The van der Waals surface area contributed by atoms with Gasteiger partial charge in [0.1, 0.15) is 0 Å². The topological polar surface area (TPSA) is 251 Å². The summed E-state index contributed by atoms with van der Waals surface area (Å²) in [5, 5.41) is 34.1. The van der Waals surface area contributed by atoms with Crippen LogP contribution in [0.1, 0.15) is 22.3 Å². The average Bonchev–Trinajstić information content (AvgIpc) is 3.68. The molecule has 4 aliphatic rings. The number of epoxide rings is 4. The minimum Gasteiger partial charge on any atom is -0.479 e. The molecular formula is C24H30N2O12. The first kappa shape index (κ1) is 27.9. The molecule has 0 radical (unpaired) electrons. The van der Waals surface area contributed by atoms with Gasteiger partial charge in [-0.05, 0) is 22.3 Å². The highest BCUT2D eigenvalue weighted by Gasteiger charge is 2.68. The van der Waals surface area contributed by atoms with Crippen LogP contribution < -0.4 is 11.5 Å². The molecule has 1 aromatic rings. The largest absolute Gasteiger partial charge is 0.479 e. The Hall–Kier alpha value is -3.14. The van der Waals surface area contributed by atoms with Gasteiger partial charge in [0.05, 0.1) is 50.8 Å². The Morgan fingerprint density at radius 2 is 0.842 bits per heavy atom. The third-order valence-electron chi connectivity index (χ3n) is 6.96. The van der Waals surface area contributed by atoms with Crippen molar-refractivity contribution < 1.29 is 58.6 Å². The van der Waals surface area contributed by atoms with Gasteiger partial charge in [-0.1, -0.05) is 12.1 Å². The van der Waals surface area contributed by atoms with Gasteiger partial charge in [0, 0.05) is 25.7 Å². The highest BCUT2D eigenvalue weighted by atomic mass is 16.6. The maximum Gasteiger partial charge on any atom is 0.338 e. The first-order chi connectivity index (χ1) is 17.9. The summed E-state index contributed by atoms with van der Waals surface area (Å²) < 4.78 is 21.9. The summed E-state index contributed by atoms with van der Waals surface area (Å²) in [5.74, 6) is -9.53. The summed E-state index contributed by atoms with van der Waals surface area (Å²) in [5.41, 5.74) is 8.09. The van der Waals surface area contributed by atoms with E-state index in [2.05, 4.69) is 12.1 Å². The number of aliphatic carboxylic acids is 4. The monoisotopic (exact) mass is 538 g/mol. The number of carboxylic acid groups (broad SMARTS) is 4. The molecule has 4 fully saturated rings. The molecule has 0 saturated carbocycles. The predicted molar refractivity (Wildman–Crippen MR) is 125 cm³/mol. The van der Waals surface area contributed by atoms with Gasteiger partial charge in [0.15, 0.2) is 0 Å². The number of hydrogen-bond donors (Lipinski definition) is 6. The molecule has 4 unspecified atom stereocenters. The molecule has 4 heterocycles. The van der Waals surface area contributed by atoms with Gasteiger partial charge in [-0.25, -0.2) is 19.2 Å². The smallest absolute Gasteiger partial charge is 0.338 e. The number of ether oxygens (including phenoxy) is 4. The second kappa shape index (κ2) is 10.6. The van der Waals surface area contributed by atoms with Gasteiger partial charge in [0.25, 0.3) is 11.1 Å². The molecule has 4 saturated heterocycles. The van der Waals surface area contributed by atoms with Gasteiger partial charge in [-0.15, -0.1) is 0 Å². The Morgan fingerprint density at radius 3 is 1.05 bits per heavy atom. The lowest BCUT2D eigenvalue weighted by molar-refractivity contribution is -0.176. The van der Waals surface area contributed by atoms with Gasteiger partial charge in [0.2, 0.25) is 0 Å². The quantitative estimate of drug-likeness (QED) is 0.119. The first-order valence-electron chi connectivity index (χ1n) is 12.0. The zero-order chi connectivity index (χ0) is 27.8. The highest BCUT2D eigenvalue weighted by molar-refractivity contribution is 6.19. The van der Waals surface area contributed by atoms with E-state index in [0.717, 1.165) is 52.1 Å². The van der Waals surface area contributed by atoms with Crippen LogP contribution in [0.2, 0.25) is 0 Å². The predicted octanol–water partition coefficient (Wildman–Crippen LogP) is -1.83. The molecule has 0 amide bonds. The van der Waals surface area contributed by atoms with E-state index in [1.54, 1.807) is 0 Å². The maximum absolute atomic E-state index is 10.6. The zero-order valence-electron chi connectivity index (χ0n) is 20.3. The van der Waals surface area contributed by atoms with Gasteiger partial charge >= 0.3 is 23.9 Å². The number of nitrogens with two attached hydrogens (primary N) is 2. The normalized spacial score (nSPS) is 25.0. The molecule has 208 valence electrons. The standard InChI is InChI=1S/C18H22O4.C6H8N2O8/c1-2-12(4-14-8-20-14)18(6-16-10-22-16)17(5-15-9-21-15)11(1)3-13-7-19-13;7-5(1(9)10,2(11)12)6(8,3(13)14)4(15)16/h1-2,13-16H,3-10H2;7-8H2,(H,9,10)(H,11,12)(H,13,14)(H,15,16).